The molecule has 2 aromatic rings. The summed E-state index contributed by atoms with van der Waals surface area (Å²) >= 11 is 0. The molecule has 0 aliphatic carbocycles. The molecular weight excluding hydrogens is 242 g/mol. The highest BCUT2D eigenvalue weighted by Crippen LogP contribution is 2.26. The second kappa shape index (κ2) is 5.11. The van der Waals surface area contributed by atoms with Gasteiger partial charge in [0.05, 0.1) is 31.6 Å². The van der Waals surface area contributed by atoms with Gasteiger partial charge in [0.1, 0.15) is 0 Å². The van der Waals surface area contributed by atoms with Crippen LogP contribution in [0.5, 0.6) is 0 Å². The Morgan fingerprint density at radius 2 is 2.26 bits per heavy atom. The zero-order valence-corrected chi connectivity index (χ0v) is 10.9. The minimum atomic E-state index is -0.156. The van der Waals surface area contributed by atoms with Gasteiger partial charge < -0.3 is 14.7 Å². The van der Waals surface area contributed by atoms with Crippen molar-refractivity contribution in [1.29, 1.82) is 0 Å². The first-order valence-corrected chi connectivity index (χ1v) is 6.49. The number of anilines is 1. The average Bonchev–Trinajstić information content (AvgIpc) is 2.47. The first-order valence-electron chi connectivity index (χ1n) is 6.49. The summed E-state index contributed by atoms with van der Waals surface area (Å²) in [5, 5.41) is 19.8. The third-order valence-electron chi connectivity index (χ3n) is 3.53. The molecule has 0 bridgehead atoms. The van der Waals surface area contributed by atoms with Crippen LogP contribution in [0.1, 0.15) is 6.92 Å². The Morgan fingerprint density at radius 3 is 3.11 bits per heavy atom. The van der Waals surface area contributed by atoms with E-state index < -0.39 is 0 Å². The van der Waals surface area contributed by atoms with Crippen LogP contribution in [0.25, 0.3) is 10.8 Å². The van der Waals surface area contributed by atoms with Gasteiger partial charge in [-0.2, -0.15) is 5.10 Å². The SMILES string of the molecule is CC1COC(CO)CN1c1nncc2ccccc12. The van der Waals surface area contributed by atoms with Crippen molar-refractivity contribution >= 4 is 16.6 Å². The van der Waals surface area contributed by atoms with Crippen LogP contribution in [-0.2, 0) is 4.74 Å². The molecular formula is C14H17N3O2. The van der Waals surface area contributed by atoms with Crippen LogP contribution in [0, 0.1) is 0 Å². The Balaban J connectivity index is 2.02. The van der Waals surface area contributed by atoms with Crippen LogP contribution in [0.3, 0.4) is 0 Å². The Bertz CT molecular complexity index is 570. The van der Waals surface area contributed by atoms with E-state index >= 15 is 0 Å². The Morgan fingerprint density at radius 1 is 1.42 bits per heavy atom. The Kier molecular flexibility index (Phi) is 3.31. The summed E-state index contributed by atoms with van der Waals surface area (Å²) in [5.74, 6) is 0.868. The van der Waals surface area contributed by atoms with Crippen LogP contribution in [-0.4, -0.2) is 47.2 Å². The predicted molar refractivity (Wildman–Crippen MR) is 73.2 cm³/mol. The lowest BCUT2D eigenvalue weighted by Crippen LogP contribution is -2.50. The predicted octanol–water partition coefficient (Wildman–Crippen LogP) is 1.22. The second-order valence-corrected chi connectivity index (χ2v) is 4.89. The molecule has 2 heterocycles. The second-order valence-electron chi connectivity index (χ2n) is 4.89. The molecule has 5 nitrogen and oxygen atoms in total. The van der Waals surface area contributed by atoms with Gasteiger partial charge in [-0.25, -0.2) is 0 Å². The summed E-state index contributed by atoms with van der Waals surface area (Å²) < 4.78 is 5.56. The number of benzene rings is 1. The molecule has 1 fully saturated rings. The lowest BCUT2D eigenvalue weighted by atomic mass is 10.1. The van der Waals surface area contributed by atoms with E-state index in [0.29, 0.717) is 13.2 Å². The molecule has 3 rings (SSSR count). The van der Waals surface area contributed by atoms with Gasteiger partial charge in [0.2, 0.25) is 0 Å². The highest BCUT2D eigenvalue weighted by molar-refractivity contribution is 5.91. The number of hydrogen-bond donors (Lipinski definition) is 1. The summed E-state index contributed by atoms with van der Waals surface area (Å²) in [6.45, 7) is 3.36. The molecule has 0 saturated carbocycles. The van der Waals surface area contributed by atoms with E-state index in [1.54, 1.807) is 6.20 Å². The summed E-state index contributed by atoms with van der Waals surface area (Å²) in [6.07, 6.45) is 1.62. The van der Waals surface area contributed by atoms with Crippen molar-refractivity contribution in [3.8, 4) is 0 Å². The molecule has 5 heteroatoms. The molecule has 1 saturated heterocycles. The van der Waals surface area contributed by atoms with E-state index in [0.717, 1.165) is 16.6 Å². The van der Waals surface area contributed by atoms with Gasteiger partial charge in [-0.3, -0.25) is 0 Å². The van der Waals surface area contributed by atoms with E-state index in [4.69, 9.17) is 4.74 Å². The van der Waals surface area contributed by atoms with Crippen LogP contribution in [0.15, 0.2) is 30.5 Å². The van der Waals surface area contributed by atoms with E-state index in [1.807, 2.05) is 18.2 Å². The summed E-state index contributed by atoms with van der Waals surface area (Å²) in [6, 6.07) is 8.30. The maximum Gasteiger partial charge on any atom is 0.159 e. The smallest absolute Gasteiger partial charge is 0.159 e. The molecule has 1 aromatic heterocycles. The number of morpholine rings is 1. The number of aliphatic hydroxyl groups excluding tert-OH is 1. The molecule has 2 atom stereocenters. The topological polar surface area (TPSA) is 58.5 Å². The van der Waals surface area contributed by atoms with E-state index in [9.17, 15) is 5.11 Å². The van der Waals surface area contributed by atoms with Crippen molar-refractivity contribution in [2.75, 3.05) is 24.7 Å². The minimum absolute atomic E-state index is 0.0292. The maximum absolute atomic E-state index is 9.27. The molecule has 1 aliphatic heterocycles. The number of hydrogen-bond acceptors (Lipinski definition) is 5. The fourth-order valence-electron chi connectivity index (χ4n) is 2.45. The summed E-state index contributed by atoms with van der Waals surface area (Å²) in [4.78, 5) is 2.17. The van der Waals surface area contributed by atoms with Crippen molar-refractivity contribution < 1.29 is 9.84 Å². The summed E-state index contributed by atoms with van der Waals surface area (Å²) in [5.41, 5.74) is 0. The minimum Gasteiger partial charge on any atom is -0.394 e. The zero-order chi connectivity index (χ0) is 13.2. The molecule has 0 amide bonds. The van der Waals surface area contributed by atoms with Crippen LogP contribution in [0.2, 0.25) is 0 Å². The highest BCUT2D eigenvalue weighted by Gasteiger charge is 2.27. The van der Waals surface area contributed by atoms with Crippen molar-refractivity contribution in [3.05, 3.63) is 30.5 Å². The van der Waals surface area contributed by atoms with Crippen molar-refractivity contribution in [2.24, 2.45) is 0 Å². The molecule has 1 N–H and O–H groups in total. The van der Waals surface area contributed by atoms with Crippen LogP contribution >= 0.6 is 0 Å². The standard InChI is InChI=1S/C14H17N3O2/c1-10-9-19-12(8-18)7-17(10)14-13-5-3-2-4-11(13)6-15-16-14/h2-6,10,12,18H,7-9H2,1H3. The fraction of sp³-hybridized carbons (Fsp3) is 0.429. The number of aromatic nitrogens is 2. The molecule has 19 heavy (non-hydrogen) atoms. The number of fused-ring (bicyclic) bond motifs is 1. The molecule has 1 aromatic carbocycles. The van der Waals surface area contributed by atoms with Gasteiger partial charge in [0.15, 0.2) is 5.82 Å². The first-order chi connectivity index (χ1) is 9.29. The maximum atomic E-state index is 9.27. The van der Waals surface area contributed by atoms with Crippen molar-refractivity contribution in [3.63, 3.8) is 0 Å². The number of rotatable bonds is 2. The third kappa shape index (κ3) is 2.27. The van der Waals surface area contributed by atoms with E-state index in [1.165, 1.54) is 0 Å². The Labute approximate surface area is 111 Å². The third-order valence-corrected chi connectivity index (χ3v) is 3.53. The van der Waals surface area contributed by atoms with E-state index in [-0.39, 0.29) is 18.8 Å². The Hall–Kier alpha value is -1.72. The quantitative estimate of drug-likeness (QED) is 0.878. The number of nitrogens with zero attached hydrogens (tertiary/aromatic N) is 3. The lowest BCUT2D eigenvalue weighted by Gasteiger charge is -2.38. The average molecular weight is 259 g/mol. The van der Waals surface area contributed by atoms with Crippen molar-refractivity contribution in [1.82, 2.24) is 10.2 Å². The molecule has 2 unspecified atom stereocenters. The molecule has 100 valence electrons. The largest absolute Gasteiger partial charge is 0.394 e. The number of aliphatic hydroxyl groups is 1. The zero-order valence-electron chi connectivity index (χ0n) is 10.9. The van der Waals surface area contributed by atoms with Crippen LogP contribution < -0.4 is 4.90 Å². The van der Waals surface area contributed by atoms with Crippen LogP contribution in [0.4, 0.5) is 5.82 Å². The van der Waals surface area contributed by atoms with Gasteiger partial charge in [-0.1, -0.05) is 24.3 Å². The summed E-state index contributed by atoms with van der Waals surface area (Å²) in [7, 11) is 0. The highest BCUT2D eigenvalue weighted by atomic mass is 16.5. The van der Waals surface area contributed by atoms with Crippen molar-refractivity contribution in [2.45, 2.75) is 19.1 Å². The molecule has 0 spiro atoms. The van der Waals surface area contributed by atoms with Gasteiger partial charge in [-0.15, -0.1) is 5.10 Å². The van der Waals surface area contributed by atoms with Gasteiger partial charge in [0.25, 0.3) is 0 Å². The fourth-order valence-corrected chi connectivity index (χ4v) is 2.45. The van der Waals surface area contributed by atoms with E-state index in [2.05, 4.69) is 28.1 Å². The molecule has 1 aliphatic rings. The van der Waals surface area contributed by atoms with Gasteiger partial charge >= 0.3 is 0 Å². The monoisotopic (exact) mass is 259 g/mol. The van der Waals surface area contributed by atoms with Gasteiger partial charge in [0, 0.05) is 17.3 Å². The molecule has 0 radical (unpaired) electrons. The normalized spacial score (nSPS) is 23.8. The lowest BCUT2D eigenvalue weighted by molar-refractivity contribution is -0.0105. The van der Waals surface area contributed by atoms with Gasteiger partial charge in [-0.05, 0) is 6.92 Å². The number of ether oxygens (including phenoxy) is 1. The first kappa shape index (κ1) is 12.3.